The second-order valence-electron chi connectivity index (χ2n) is 4.16. The highest BCUT2D eigenvalue weighted by Crippen LogP contribution is 2.14. The maximum absolute atomic E-state index is 11.5. The number of benzene rings is 1. The van der Waals surface area contributed by atoms with Crippen LogP contribution in [0.2, 0.25) is 0 Å². The standard InChI is InChI=1S/C12H11N5O2/c1-8-7-16(2)12(18)13-11(8)19-17-10-6-4-3-5-9(10)14-15-17/h3-7H,1-2H3. The molecule has 0 aliphatic heterocycles. The number of rotatable bonds is 2. The molecule has 0 saturated heterocycles. The quantitative estimate of drug-likeness (QED) is 0.674. The van der Waals surface area contributed by atoms with Crippen molar-refractivity contribution in [3.63, 3.8) is 0 Å². The predicted octanol–water partition coefficient (Wildman–Crippen LogP) is 0.676. The van der Waals surface area contributed by atoms with Crippen molar-refractivity contribution < 1.29 is 4.84 Å². The van der Waals surface area contributed by atoms with Gasteiger partial charge in [-0.1, -0.05) is 17.0 Å². The summed E-state index contributed by atoms with van der Waals surface area (Å²) in [5.41, 5.74) is 1.78. The molecule has 0 aliphatic carbocycles. The van der Waals surface area contributed by atoms with E-state index in [1.54, 1.807) is 20.2 Å². The van der Waals surface area contributed by atoms with Crippen LogP contribution >= 0.6 is 0 Å². The van der Waals surface area contributed by atoms with Crippen LogP contribution < -0.4 is 10.5 Å². The number of aryl methyl sites for hydroxylation is 2. The minimum atomic E-state index is -0.384. The zero-order chi connectivity index (χ0) is 13.4. The van der Waals surface area contributed by atoms with Gasteiger partial charge in [0.05, 0.1) is 0 Å². The lowest BCUT2D eigenvalue weighted by atomic mass is 10.3. The molecule has 0 aliphatic rings. The average molecular weight is 257 g/mol. The Hall–Kier alpha value is -2.70. The fraction of sp³-hybridized carbons (Fsp3) is 0.167. The van der Waals surface area contributed by atoms with Gasteiger partial charge in [0.25, 0.3) is 5.88 Å². The molecule has 0 unspecified atom stereocenters. The maximum atomic E-state index is 11.5. The summed E-state index contributed by atoms with van der Waals surface area (Å²) in [7, 11) is 1.64. The Bertz CT molecular complexity index is 805. The molecule has 0 bridgehead atoms. The van der Waals surface area contributed by atoms with Crippen LogP contribution in [0.25, 0.3) is 11.0 Å². The number of fused-ring (bicyclic) bond motifs is 1. The van der Waals surface area contributed by atoms with Gasteiger partial charge in [-0.25, -0.2) is 4.79 Å². The normalized spacial score (nSPS) is 10.8. The van der Waals surface area contributed by atoms with E-state index in [9.17, 15) is 4.79 Å². The molecule has 7 nitrogen and oxygen atoms in total. The van der Waals surface area contributed by atoms with Crippen LogP contribution in [0.15, 0.2) is 35.3 Å². The van der Waals surface area contributed by atoms with Gasteiger partial charge in [-0.2, -0.15) is 4.98 Å². The largest absolute Gasteiger partial charge is 0.350 e. The third-order valence-electron chi connectivity index (χ3n) is 2.72. The molecule has 0 N–H and O–H groups in total. The van der Waals surface area contributed by atoms with Gasteiger partial charge in [-0.3, -0.25) is 0 Å². The van der Waals surface area contributed by atoms with Crippen LogP contribution in [0.4, 0.5) is 0 Å². The number of aromatic nitrogens is 5. The van der Waals surface area contributed by atoms with Gasteiger partial charge in [-0.15, -0.1) is 5.10 Å². The van der Waals surface area contributed by atoms with Gasteiger partial charge in [0.2, 0.25) is 0 Å². The molecule has 19 heavy (non-hydrogen) atoms. The summed E-state index contributed by atoms with van der Waals surface area (Å²) in [5, 5.41) is 7.84. The summed E-state index contributed by atoms with van der Waals surface area (Å²) in [6.07, 6.45) is 1.66. The van der Waals surface area contributed by atoms with Gasteiger partial charge in [0, 0.05) is 18.8 Å². The molecule has 0 radical (unpaired) electrons. The van der Waals surface area contributed by atoms with E-state index in [1.165, 1.54) is 9.41 Å². The Labute approximate surface area is 108 Å². The van der Waals surface area contributed by atoms with Crippen molar-refractivity contribution in [3.05, 3.63) is 46.5 Å². The first kappa shape index (κ1) is 11.4. The summed E-state index contributed by atoms with van der Waals surface area (Å²) in [6, 6.07) is 7.37. The first-order valence-electron chi connectivity index (χ1n) is 5.68. The molecule has 2 heterocycles. The van der Waals surface area contributed by atoms with Crippen molar-refractivity contribution in [2.24, 2.45) is 7.05 Å². The van der Waals surface area contributed by atoms with Crippen LogP contribution in [0.5, 0.6) is 5.88 Å². The Morgan fingerprint density at radius 2 is 2.05 bits per heavy atom. The number of hydrogen-bond donors (Lipinski definition) is 0. The zero-order valence-corrected chi connectivity index (χ0v) is 10.4. The third kappa shape index (κ3) is 1.95. The van der Waals surface area contributed by atoms with Crippen molar-refractivity contribution in [2.45, 2.75) is 6.92 Å². The van der Waals surface area contributed by atoms with E-state index in [0.29, 0.717) is 11.0 Å². The number of hydrogen-bond acceptors (Lipinski definition) is 5. The summed E-state index contributed by atoms with van der Waals surface area (Å²) < 4.78 is 1.39. The molecule has 0 amide bonds. The van der Waals surface area contributed by atoms with Gasteiger partial charge in [0.15, 0.2) is 0 Å². The van der Waals surface area contributed by atoms with E-state index in [-0.39, 0.29) is 11.6 Å². The van der Waals surface area contributed by atoms with Gasteiger partial charge in [-0.05, 0) is 24.3 Å². The highest BCUT2D eigenvalue weighted by molar-refractivity contribution is 5.73. The number of para-hydroxylation sites is 1. The van der Waals surface area contributed by atoms with E-state index in [4.69, 9.17) is 4.84 Å². The van der Waals surface area contributed by atoms with E-state index >= 15 is 0 Å². The van der Waals surface area contributed by atoms with Gasteiger partial charge >= 0.3 is 5.69 Å². The molecular weight excluding hydrogens is 246 g/mol. The van der Waals surface area contributed by atoms with Crippen LogP contribution in [-0.2, 0) is 7.05 Å². The lowest BCUT2D eigenvalue weighted by Gasteiger charge is -2.07. The lowest BCUT2D eigenvalue weighted by Crippen LogP contribution is -2.22. The fourth-order valence-corrected chi connectivity index (χ4v) is 1.74. The summed E-state index contributed by atoms with van der Waals surface area (Å²) in [6.45, 7) is 1.81. The highest BCUT2D eigenvalue weighted by Gasteiger charge is 2.09. The molecule has 2 aromatic heterocycles. The van der Waals surface area contributed by atoms with Crippen molar-refractivity contribution in [2.75, 3.05) is 0 Å². The summed E-state index contributed by atoms with van der Waals surface area (Å²) >= 11 is 0. The maximum Gasteiger partial charge on any atom is 0.350 e. The number of nitrogens with zero attached hydrogens (tertiary/aromatic N) is 5. The molecule has 0 saturated carbocycles. The van der Waals surface area contributed by atoms with Crippen LogP contribution in [0.3, 0.4) is 0 Å². The topological polar surface area (TPSA) is 74.8 Å². The molecule has 3 aromatic rings. The monoisotopic (exact) mass is 257 g/mol. The fourth-order valence-electron chi connectivity index (χ4n) is 1.74. The minimum absolute atomic E-state index is 0.221. The zero-order valence-electron chi connectivity index (χ0n) is 10.4. The minimum Gasteiger partial charge on any atom is -0.335 e. The molecule has 0 spiro atoms. The van der Waals surface area contributed by atoms with Crippen molar-refractivity contribution in [1.82, 2.24) is 24.7 Å². The lowest BCUT2D eigenvalue weighted by molar-refractivity contribution is 0.173. The first-order valence-corrected chi connectivity index (χ1v) is 5.68. The van der Waals surface area contributed by atoms with Crippen LogP contribution in [0.1, 0.15) is 5.56 Å². The van der Waals surface area contributed by atoms with Crippen LogP contribution in [0, 0.1) is 6.92 Å². The van der Waals surface area contributed by atoms with E-state index < -0.39 is 0 Å². The van der Waals surface area contributed by atoms with Crippen molar-refractivity contribution in [1.29, 1.82) is 0 Å². The molecule has 7 heteroatoms. The Morgan fingerprint density at radius 1 is 1.26 bits per heavy atom. The second kappa shape index (κ2) is 4.20. The predicted molar refractivity (Wildman–Crippen MR) is 67.8 cm³/mol. The third-order valence-corrected chi connectivity index (χ3v) is 2.72. The highest BCUT2D eigenvalue weighted by atomic mass is 16.7. The Morgan fingerprint density at radius 3 is 2.89 bits per heavy atom. The summed E-state index contributed by atoms with van der Waals surface area (Å²) in [5.74, 6) is 0.221. The second-order valence-corrected chi connectivity index (χ2v) is 4.16. The van der Waals surface area contributed by atoms with E-state index in [0.717, 1.165) is 5.56 Å². The molecule has 0 atom stereocenters. The molecular formula is C12H11N5O2. The van der Waals surface area contributed by atoms with Crippen molar-refractivity contribution >= 4 is 11.0 Å². The molecule has 0 fully saturated rings. The average Bonchev–Trinajstić information content (AvgIpc) is 2.80. The molecule has 96 valence electrons. The van der Waals surface area contributed by atoms with Gasteiger partial charge < -0.3 is 9.40 Å². The summed E-state index contributed by atoms with van der Waals surface area (Å²) in [4.78, 5) is 22.1. The van der Waals surface area contributed by atoms with Crippen LogP contribution in [-0.4, -0.2) is 24.7 Å². The van der Waals surface area contributed by atoms with Gasteiger partial charge in [0.1, 0.15) is 11.0 Å². The van der Waals surface area contributed by atoms with Crippen molar-refractivity contribution in [3.8, 4) is 5.88 Å². The first-order chi connectivity index (χ1) is 9.15. The Balaban J connectivity index is 2.06. The SMILES string of the molecule is Cc1cn(C)c(=O)nc1On1nnc2ccccc21. The molecule has 3 rings (SSSR count). The Kier molecular flexibility index (Phi) is 2.52. The molecule has 1 aromatic carbocycles. The van der Waals surface area contributed by atoms with E-state index in [1.807, 2.05) is 24.3 Å². The van der Waals surface area contributed by atoms with E-state index in [2.05, 4.69) is 15.3 Å². The smallest absolute Gasteiger partial charge is 0.335 e.